The average Bonchev–Trinajstić information content (AvgIpc) is 2.35. The lowest BCUT2D eigenvalue weighted by molar-refractivity contribution is 0.231. The van der Waals surface area contributed by atoms with Crippen molar-refractivity contribution >= 4 is 0 Å². The molecular weight excluding hydrogens is 202 g/mol. The summed E-state index contributed by atoms with van der Waals surface area (Å²) in [7, 11) is 1.99. The van der Waals surface area contributed by atoms with Crippen molar-refractivity contribution in [2.24, 2.45) is 0 Å². The number of para-hydroxylation sites is 1. The molecule has 0 saturated heterocycles. The Labute approximate surface area is 96.8 Å². The van der Waals surface area contributed by atoms with Gasteiger partial charge >= 0.3 is 0 Å². The molecular formula is C13H19NO2. The van der Waals surface area contributed by atoms with Gasteiger partial charge in [-0.15, -0.1) is 0 Å². The Kier molecular flexibility index (Phi) is 3.67. The summed E-state index contributed by atoms with van der Waals surface area (Å²) in [5.74, 6) is 1.79. The van der Waals surface area contributed by atoms with Crippen LogP contribution in [0.3, 0.4) is 0 Å². The molecule has 1 N–H and O–H groups in total. The molecule has 88 valence electrons. The Morgan fingerprint density at radius 3 is 3.12 bits per heavy atom. The van der Waals surface area contributed by atoms with Crippen LogP contribution in [-0.2, 0) is 0 Å². The molecule has 3 heteroatoms. The first kappa shape index (κ1) is 11.3. The molecule has 0 aliphatic carbocycles. The van der Waals surface area contributed by atoms with Crippen molar-refractivity contribution in [3.05, 3.63) is 23.8 Å². The largest absolute Gasteiger partial charge is 0.490 e. The Hall–Kier alpha value is -1.22. The molecule has 3 nitrogen and oxygen atoms in total. The first-order chi connectivity index (χ1) is 7.86. The van der Waals surface area contributed by atoms with Crippen molar-refractivity contribution in [1.82, 2.24) is 5.32 Å². The molecule has 1 aromatic rings. The predicted molar refractivity (Wildman–Crippen MR) is 64.1 cm³/mol. The maximum absolute atomic E-state index is 5.72. The molecule has 0 radical (unpaired) electrons. The van der Waals surface area contributed by atoms with E-state index >= 15 is 0 Å². The summed E-state index contributed by atoms with van der Waals surface area (Å²) in [6.45, 7) is 3.60. The van der Waals surface area contributed by atoms with Crippen LogP contribution in [0, 0.1) is 0 Å². The number of rotatable bonds is 4. The maximum atomic E-state index is 5.72. The van der Waals surface area contributed by atoms with E-state index in [4.69, 9.17) is 9.47 Å². The van der Waals surface area contributed by atoms with Crippen LogP contribution in [0.25, 0.3) is 0 Å². The fourth-order valence-electron chi connectivity index (χ4n) is 2.02. The Morgan fingerprint density at radius 2 is 2.38 bits per heavy atom. The van der Waals surface area contributed by atoms with E-state index in [1.54, 1.807) is 0 Å². The second-order valence-corrected chi connectivity index (χ2v) is 4.00. The Bertz CT molecular complexity index is 352. The van der Waals surface area contributed by atoms with Crippen LogP contribution in [0.15, 0.2) is 18.2 Å². The molecule has 2 rings (SSSR count). The van der Waals surface area contributed by atoms with Gasteiger partial charge in [0.05, 0.1) is 13.2 Å². The summed E-state index contributed by atoms with van der Waals surface area (Å²) < 4.78 is 11.4. The number of hydrogen-bond donors (Lipinski definition) is 1. The monoisotopic (exact) mass is 221 g/mol. The lowest BCUT2D eigenvalue weighted by Gasteiger charge is -2.27. The first-order valence-corrected chi connectivity index (χ1v) is 5.92. The minimum atomic E-state index is 0.383. The molecule has 1 unspecified atom stereocenters. The molecule has 0 saturated carbocycles. The number of benzene rings is 1. The molecule has 1 aliphatic heterocycles. The molecule has 0 amide bonds. The fourth-order valence-corrected chi connectivity index (χ4v) is 2.02. The highest BCUT2D eigenvalue weighted by atomic mass is 16.5. The van der Waals surface area contributed by atoms with Crippen LogP contribution in [0.4, 0.5) is 0 Å². The molecule has 0 spiro atoms. The van der Waals surface area contributed by atoms with Crippen LogP contribution in [-0.4, -0.2) is 20.3 Å². The van der Waals surface area contributed by atoms with Gasteiger partial charge in [-0.1, -0.05) is 19.1 Å². The van der Waals surface area contributed by atoms with E-state index in [0.29, 0.717) is 6.04 Å². The van der Waals surface area contributed by atoms with Crippen molar-refractivity contribution in [2.45, 2.75) is 25.8 Å². The van der Waals surface area contributed by atoms with Gasteiger partial charge in [0.25, 0.3) is 0 Å². The third-order valence-corrected chi connectivity index (χ3v) is 2.85. The van der Waals surface area contributed by atoms with E-state index in [2.05, 4.69) is 18.3 Å². The summed E-state index contributed by atoms with van der Waals surface area (Å²) in [6.07, 6.45) is 2.03. The van der Waals surface area contributed by atoms with Gasteiger partial charge in [-0.05, 0) is 19.5 Å². The minimum Gasteiger partial charge on any atom is -0.490 e. The van der Waals surface area contributed by atoms with E-state index in [-0.39, 0.29) is 0 Å². The predicted octanol–water partition coefficient (Wildman–Crippen LogP) is 2.52. The zero-order valence-corrected chi connectivity index (χ0v) is 9.95. The summed E-state index contributed by atoms with van der Waals surface area (Å²) >= 11 is 0. The second-order valence-electron chi connectivity index (χ2n) is 4.00. The van der Waals surface area contributed by atoms with E-state index in [1.165, 1.54) is 5.56 Å². The Balaban J connectivity index is 2.27. The highest BCUT2D eigenvalue weighted by molar-refractivity contribution is 5.49. The summed E-state index contributed by atoms with van der Waals surface area (Å²) in [5, 5.41) is 3.31. The van der Waals surface area contributed by atoms with Crippen LogP contribution in [0.2, 0.25) is 0 Å². The van der Waals surface area contributed by atoms with Gasteiger partial charge in [0.2, 0.25) is 0 Å². The normalized spacial score (nSPS) is 18.8. The fraction of sp³-hybridized carbons (Fsp3) is 0.538. The van der Waals surface area contributed by atoms with Crippen LogP contribution >= 0.6 is 0 Å². The van der Waals surface area contributed by atoms with Gasteiger partial charge in [0, 0.05) is 18.0 Å². The molecule has 1 heterocycles. The van der Waals surface area contributed by atoms with E-state index in [1.807, 2.05) is 19.2 Å². The highest BCUT2D eigenvalue weighted by Crippen LogP contribution is 2.39. The number of hydrogen-bond acceptors (Lipinski definition) is 3. The first-order valence-electron chi connectivity index (χ1n) is 5.92. The topological polar surface area (TPSA) is 30.5 Å². The van der Waals surface area contributed by atoms with E-state index in [9.17, 15) is 0 Å². The van der Waals surface area contributed by atoms with E-state index in [0.717, 1.165) is 37.6 Å². The lowest BCUT2D eigenvalue weighted by Crippen LogP contribution is -2.24. The third-order valence-electron chi connectivity index (χ3n) is 2.85. The van der Waals surface area contributed by atoms with Gasteiger partial charge in [0.1, 0.15) is 0 Å². The molecule has 1 aliphatic rings. The van der Waals surface area contributed by atoms with Crippen LogP contribution < -0.4 is 14.8 Å². The van der Waals surface area contributed by atoms with Gasteiger partial charge in [-0.3, -0.25) is 0 Å². The SMILES string of the molecule is CCCOc1cccc2c1OCCC2NC. The van der Waals surface area contributed by atoms with Gasteiger partial charge < -0.3 is 14.8 Å². The van der Waals surface area contributed by atoms with Gasteiger partial charge in [-0.2, -0.15) is 0 Å². The second kappa shape index (κ2) is 5.21. The van der Waals surface area contributed by atoms with Gasteiger partial charge in [-0.25, -0.2) is 0 Å². The van der Waals surface area contributed by atoms with Crippen molar-refractivity contribution < 1.29 is 9.47 Å². The minimum absolute atomic E-state index is 0.383. The molecule has 1 aromatic carbocycles. The van der Waals surface area contributed by atoms with Crippen molar-refractivity contribution in [3.8, 4) is 11.5 Å². The molecule has 0 aromatic heterocycles. The molecule has 0 fully saturated rings. The van der Waals surface area contributed by atoms with Crippen molar-refractivity contribution in [2.75, 3.05) is 20.3 Å². The Morgan fingerprint density at radius 1 is 1.50 bits per heavy atom. The van der Waals surface area contributed by atoms with Crippen LogP contribution in [0.1, 0.15) is 31.4 Å². The average molecular weight is 221 g/mol. The smallest absolute Gasteiger partial charge is 0.165 e. The maximum Gasteiger partial charge on any atom is 0.165 e. The summed E-state index contributed by atoms with van der Waals surface area (Å²) in [6, 6.07) is 6.50. The van der Waals surface area contributed by atoms with Gasteiger partial charge in [0.15, 0.2) is 11.5 Å². The quantitative estimate of drug-likeness (QED) is 0.847. The molecule has 1 atom stereocenters. The highest BCUT2D eigenvalue weighted by Gasteiger charge is 2.22. The lowest BCUT2D eigenvalue weighted by atomic mass is 10.0. The summed E-state index contributed by atoms with van der Waals surface area (Å²) in [5.41, 5.74) is 1.21. The number of fused-ring (bicyclic) bond motifs is 1. The number of nitrogens with one attached hydrogen (secondary N) is 1. The molecule has 0 bridgehead atoms. The standard InChI is InChI=1S/C13H19NO2/c1-3-8-15-12-6-4-5-10-11(14-2)7-9-16-13(10)12/h4-6,11,14H,3,7-9H2,1-2H3. The summed E-state index contributed by atoms with van der Waals surface area (Å²) in [4.78, 5) is 0. The third kappa shape index (κ3) is 2.14. The van der Waals surface area contributed by atoms with Crippen LogP contribution in [0.5, 0.6) is 11.5 Å². The zero-order valence-electron chi connectivity index (χ0n) is 9.95. The number of ether oxygens (including phenoxy) is 2. The molecule has 16 heavy (non-hydrogen) atoms. The van der Waals surface area contributed by atoms with E-state index < -0.39 is 0 Å². The van der Waals surface area contributed by atoms with Crippen molar-refractivity contribution in [3.63, 3.8) is 0 Å². The zero-order chi connectivity index (χ0) is 11.4. The van der Waals surface area contributed by atoms with Crippen molar-refractivity contribution in [1.29, 1.82) is 0 Å².